The molecule has 0 aliphatic carbocycles. The zero-order valence-corrected chi connectivity index (χ0v) is 14.4. The highest BCUT2D eigenvalue weighted by Gasteiger charge is 2.27. The van der Waals surface area contributed by atoms with Crippen molar-refractivity contribution in [2.75, 3.05) is 19.6 Å². The van der Waals surface area contributed by atoms with Gasteiger partial charge < -0.3 is 10.6 Å². The molecule has 5 heteroatoms. The minimum Gasteiger partial charge on any atom is -0.351 e. The predicted molar refractivity (Wildman–Crippen MR) is 88.7 cm³/mol. The molecular formula is C15H22BrClN2O. The molecule has 0 bridgehead atoms. The molecule has 0 spiro atoms. The summed E-state index contributed by atoms with van der Waals surface area (Å²) in [5.41, 5.74) is 2.03. The Labute approximate surface area is 135 Å². The van der Waals surface area contributed by atoms with Crippen LogP contribution in [-0.4, -0.2) is 25.5 Å². The number of carbonyl (C=O) groups is 1. The number of amides is 1. The number of carbonyl (C=O) groups excluding carboxylic acids is 1. The average Bonchev–Trinajstić information content (AvgIpc) is 2.40. The number of aryl methyl sites for hydroxylation is 1. The van der Waals surface area contributed by atoms with E-state index in [1.54, 1.807) is 0 Å². The Kier molecular flexibility index (Phi) is 6.49. The topological polar surface area (TPSA) is 41.1 Å². The first-order chi connectivity index (χ1) is 9.00. The monoisotopic (exact) mass is 360 g/mol. The fourth-order valence-corrected chi connectivity index (χ4v) is 2.78. The van der Waals surface area contributed by atoms with E-state index < -0.39 is 0 Å². The number of benzene rings is 1. The third-order valence-corrected chi connectivity index (χ3v) is 4.65. The summed E-state index contributed by atoms with van der Waals surface area (Å²) in [6.45, 7) is 7.04. The summed E-state index contributed by atoms with van der Waals surface area (Å²) in [6, 6.07) is 5.71. The second-order valence-corrected chi connectivity index (χ2v) is 6.59. The Bertz CT molecular complexity index is 473. The first kappa shape index (κ1) is 17.5. The summed E-state index contributed by atoms with van der Waals surface area (Å²) in [5, 5.41) is 6.45. The van der Waals surface area contributed by atoms with Crippen LogP contribution in [0.1, 0.15) is 35.7 Å². The van der Waals surface area contributed by atoms with E-state index in [0.717, 1.165) is 36.1 Å². The lowest BCUT2D eigenvalue weighted by Crippen LogP contribution is -2.45. The molecule has 1 amide bonds. The van der Waals surface area contributed by atoms with Crippen LogP contribution in [0, 0.1) is 12.3 Å². The summed E-state index contributed by atoms with van der Waals surface area (Å²) in [7, 11) is 0. The molecule has 0 saturated carbocycles. The Morgan fingerprint density at radius 2 is 2.25 bits per heavy atom. The molecule has 1 fully saturated rings. The summed E-state index contributed by atoms with van der Waals surface area (Å²) in [6.07, 6.45) is 2.35. The first-order valence-corrected chi connectivity index (χ1v) is 7.55. The molecule has 112 valence electrons. The quantitative estimate of drug-likeness (QED) is 0.867. The van der Waals surface area contributed by atoms with Crippen molar-refractivity contribution in [2.24, 2.45) is 5.41 Å². The Hall–Kier alpha value is -0.580. The predicted octanol–water partition coefficient (Wildman–Crippen LogP) is 3.30. The molecule has 1 aromatic rings. The lowest BCUT2D eigenvalue weighted by atomic mass is 9.83. The van der Waals surface area contributed by atoms with Crippen LogP contribution in [0.2, 0.25) is 0 Å². The van der Waals surface area contributed by atoms with Crippen molar-refractivity contribution in [3.05, 3.63) is 33.8 Å². The molecule has 1 atom stereocenters. The van der Waals surface area contributed by atoms with E-state index in [1.807, 2.05) is 25.1 Å². The molecule has 1 unspecified atom stereocenters. The molecule has 2 rings (SSSR count). The summed E-state index contributed by atoms with van der Waals surface area (Å²) >= 11 is 3.46. The SMILES string of the molecule is Cc1ccc(C(=O)NCC2(C)CCCNC2)cc1Br.Cl. The highest BCUT2D eigenvalue weighted by molar-refractivity contribution is 9.10. The van der Waals surface area contributed by atoms with Gasteiger partial charge in [0.1, 0.15) is 0 Å². The number of hydrogen-bond acceptors (Lipinski definition) is 2. The molecule has 0 aromatic heterocycles. The van der Waals surface area contributed by atoms with Crippen LogP contribution in [0.3, 0.4) is 0 Å². The highest BCUT2D eigenvalue weighted by Crippen LogP contribution is 2.24. The van der Waals surface area contributed by atoms with E-state index in [2.05, 4.69) is 33.5 Å². The van der Waals surface area contributed by atoms with Gasteiger partial charge in [0.15, 0.2) is 0 Å². The van der Waals surface area contributed by atoms with Gasteiger partial charge in [-0.25, -0.2) is 0 Å². The van der Waals surface area contributed by atoms with Gasteiger partial charge in [0.2, 0.25) is 0 Å². The second-order valence-electron chi connectivity index (χ2n) is 5.74. The number of halogens is 2. The molecule has 1 aromatic carbocycles. The normalized spacial score (nSPS) is 21.9. The van der Waals surface area contributed by atoms with Crippen LogP contribution in [0.4, 0.5) is 0 Å². The lowest BCUT2D eigenvalue weighted by Gasteiger charge is -2.34. The van der Waals surface area contributed by atoms with E-state index in [-0.39, 0.29) is 23.7 Å². The minimum absolute atomic E-state index is 0. The van der Waals surface area contributed by atoms with Crippen molar-refractivity contribution in [3.8, 4) is 0 Å². The lowest BCUT2D eigenvalue weighted by molar-refractivity contribution is 0.0924. The van der Waals surface area contributed by atoms with E-state index in [1.165, 1.54) is 6.42 Å². The molecule has 1 aliphatic heterocycles. The Morgan fingerprint density at radius 1 is 1.50 bits per heavy atom. The zero-order valence-electron chi connectivity index (χ0n) is 12.0. The van der Waals surface area contributed by atoms with E-state index >= 15 is 0 Å². The van der Waals surface area contributed by atoms with Crippen LogP contribution < -0.4 is 10.6 Å². The molecule has 0 radical (unpaired) electrons. The highest BCUT2D eigenvalue weighted by atomic mass is 79.9. The number of nitrogens with one attached hydrogen (secondary N) is 2. The van der Waals surface area contributed by atoms with Crippen LogP contribution in [0.5, 0.6) is 0 Å². The van der Waals surface area contributed by atoms with Gasteiger partial charge in [0.25, 0.3) is 5.91 Å². The third kappa shape index (κ3) is 4.47. The number of hydrogen-bond donors (Lipinski definition) is 2. The van der Waals surface area contributed by atoms with Gasteiger partial charge >= 0.3 is 0 Å². The van der Waals surface area contributed by atoms with Crippen molar-refractivity contribution in [1.82, 2.24) is 10.6 Å². The fraction of sp³-hybridized carbons (Fsp3) is 0.533. The van der Waals surface area contributed by atoms with Crippen LogP contribution >= 0.6 is 28.3 Å². The minimum atomic E-state index is 0. The fourth-order valence-electron chi connectivity index (χ4n) is 2.40. The molecule has 20 heavy (non-hydrogen) atoms. The summed E-state index contributed by atoms with van der Waals surface area (Å²) < 4.78 is 0.977. The average molecular weight is 362 g/mol. The van der Waals surface area contributed by atoms with E-state index in [4.69, 9.17) is 0 Å². The van der Waals surface area contributed by atoms with Crippen molar-refractivity contribution in [2.45, 2.75) is 26.7 Å². The van der Waals surface area contributed by atoms with Crippen molar-refractivity contribution in [3.63, 3.8) is 0 Å². The van der Waals surface area contributed by atoms with Gasteiger partial charge in [-0.15, -0.1) is 12.4 Å². The van der Waals surface area contributed by atoms with Gasteiger partial charge in [0.05, 0.1) is 0 Å². The summed E-state index contributed by atoms with van der Waals surface area (Å²) in [5.74, 6) is 0.00694. The maximum absolute atomic E-state index is 12.1. The summed E-state index contributed by atoms with van der Waals surface area (Å²) in [4.78, 5) is 12.1. The van der Waals surface area contributed by atoms with Crippen LogP contribution in [-0.2, 0) is 0 Å². The molecule has 1 heterocycles. The van der Waals surface area contributed by atoms with Gasteiger partial charge in [-0.05, 0) is 49.4 Å². The smallest absolute Gasteiger partial charge is 0.251 e. The van der Waals surface area contributed by atoms with Crippen molar-refractivity contribution < 1.29 is 4.79 Å². The molecule has 2 N–H and O–H groups in total. The number of piperidine rings is 1. The first-order valence-electron chi connectivity index (χ1n) is 6.75. The maximum Gasteiger partial charge on any atom is 0.251 e. The molecule has 1 saturated heterocycles. The second kappa shape index (κ2) is 7.43. The van der Waals surface area contributed by atoms with Gasteiger partial charge in [-0.2, -0.15) is 0 Å². The van der Waals surface area contributed by atoms with Gasteiger partial charge in [-0.1, -0.05) is 28.9 Å². The standard InChI is InChI=1S/C15H21BrN2O.ClH/c1-11-4-5-12(8-13(11)16)14(19)18-10-15(2)6-3-7-17-9-15;/h4-5,8,17H,3,6-7,9-10H2,1-2H3,(H,18,19);1H. The third-order valence-electron chi connectivity index (χ3n) is 3.80. The van der Waals surface area contributed by atoms with Crippen LogP contribution in [0.25, 0.3) is 0 Å². The van der Waals surface area contributed by atoms with Crippen molar-refractivity contribution in [1.29, 1.82) is 0 Å². The molecule has 3 nitrogen and oxygen atoms in total. The zero-order chi connectivity index (χ0) is 13.9. The van der Waals surface area contributed by atoms with Crippen molar-refractivity contribution >= 4 is 34.2 Å². The van der Waals surface area contributed by atoms with E-state index in [0.29, 0.717) is 5.56 Å². The van der Waals surface area contributed by atoms with E-state index in [9.17, 15) is 4.79 Å². The Morgan fingerprint density at radius 3 is 2.85 bits per heavy atom. The number of rotatable bonds is 3. The van der Waals surface area contributed by atoms with Gasteiger partial charge in [0, 0.05) is 23.1 Å². The van der Waals surface area contributed by atoms with Gasteiger partial charge in [-0.3, -0.25) is 4.79 Å². The largest absolute Gasteiger partial charge is 0.351 e. The Balaban J connectivity index is 0.00000200. The van der Waals surface area contributed by atoms with Crippen LogP contribution in [0.15, 0.2) is 22.7 Å². The molecular weight excluding hydrogens is 340 g/mol. The molecule has 1 aliphatic rings. The maximum atomic E-state index is 12.1.